The van der Waals surface area contributed by atoms with Crippen molar-refractivity contribution in [3.63, 3.8) is 0 Å². The second kappa shape index (κ2) is 5.09. The Kier molecular flexibility index (Phi) is 3.53. The van der Waals surface area contributed by atoms with Crippen LogP contribution in [0.1, 0.15) is 37.1 Å². The molecule has 1 N–H and O–H groups in total. The normalized spacial score (nSPS) is 20.9. The fourth-order valence-electron chi connectivity index (χ4n) is 2.17. The maximum Gasteiger partial charge on any atom is 0.0666 e. The van der Waals surface area contributed by atoms with Crippen molar-refractivity contribution in [2.45, 2.75) is 32.2 Å². The van der Waals surface area contributed by atoms with Crippen LogP contribution in [0.4, 0.5) is 0 Å². The molecule has 1 aliphatic carbocycles. The van der Waals surface area contributed by atoms with Gasteiger partial charge in [-0.05, 0) is 37.8 Å². The van der Waals surface area contributed by atoms with Gasteiger partial charge in [0.25, 0.3) is 0 Å². The van der Waals surface area contributed by atoms with Crippen LogP contribution in [-0.2, 0) is 6.42 Å². The number of fused-ring (bicyclic) bond motifs is 1. The molecule has 3 nitrogen and oxygen atoms in total. The monoisotopic (exact) mass is 215 g/mol. The van der Waals surface area contributed by atoms with Crippen LogP contribution in [0, 0.1) is 17.2 Å². The summed E-state index contributed by atoms with van der Waals surface area (Å²) in [5.41, 5.74) is 2.54. The lowest BCUT2D eigenvalue weighted by Crippen LogP contribution is -2.29. The van der Waals surface area contributed by atoms with E-state index in [1.54, 1.807) is 0 Å². The maximum absolute atomic E-state index is 8.75. The minimum atomic E-state index is 0.0640. The van der Waals surface area contributed by atoms with Crippen LogP contribution in [0.3, 0.4) is 0 Å². The maximum atomic E-state index is 8.75. The first-order chi connectivity index (χ1) is 7.81. The van der Waals surface area contributed by atoms with E-state index in [-0.39, 0.29) is 5.92 Å². The molecule has 1 aromatic heterocycles. The lowest BCUT2D eigenvalue weighted by atomic mass is 9.91. The predicted molar refractivity (Wildman–Crippen MR) is 62.7 cm³/mol. The number of nitrogens with zero attached hydrogens (tertiary/aromatic N) is 2. The summed E-state index contributed by atoms with van der Waals surface area (Å²) >= 11 is 0. The summed E-state index contributed by atoms with van der Waals surface area (Å²) in [6, 6.07) is 6.74. The molecule has 0 radical (unpaired) electrons. The first-order valence-corrected chi connectivity index (χ1v) is 5.88. The summed E-state index contributed by atoms with van der Waals surface area (Å²) in [5.74, 6) is 0.0640. The molecule has 0 aromatic carbocycles. The van der Waals surface area contributed by atoms with Crippen molar-refractivity contribution in [3.05, 3.63) is 29.6 Å². The zero-order valence-electron chi connectivity index (χ0n) is 9.61. The summed E-state index contributed by atoms with van der Waals surface area (Å²) in [6.07, 6.45) is 5.32. The Hall–Kier alpha value is -1.40. The number of aromatic nitrogens is 1. The van der Waals surface area contributed by atoms with Gasteiger partial charge in [-0.25, -0.2) is 0 Å². The fraction of sp³-hybridized carbons (Fsp3) is 0.538. The highest BCUT2D eigenvalue weighted by Gasteiger charge is 2.20. The molecule has 1 aromatic rings. The largest absolute Gasteiger partial charge is 0.307 e. The van der Waals surface area contributed by atoms with E-state index in [4.69, 9.17) is 5.26 Å². The van der Waals surface area contributed by atoms with Gasteiger partial charge in [-0.3, -0.25) is 4.98 Å². The molecule has 0 saturated heterocycles. The molecule has 0 aliphatic heterocycles. The van der Waals surface area contributed by atoms with Gasteiger partial charge in [-0.1, -0.05) is 6.07 Å². The summed E-state index contributed by atoms with van der Waals surface area (Å²) in [7, 11) is 0. The van der Waals surface area contributed by atoms with E-state index in [1.165, 1.54) is 17.7 Å². The van der Waals surface area contributed by atoms with Crippen molar-refractivity contribution in [2.75, 3.05) is 6.54 Å². The van der Waals surface area contributed by atoms with E-state index >= 15 is 0 Å². The Morgan fingerprint density at radius 3 is 3.38 bits per heavy atom. The molecule has 0 spiro atoms. The molecular weight excluding hydrogens is 198 g/mol. The molecule has 2 atom stereocenters. The topological polar surface area (TPSA) is 48.7 Å². The van der Waals surface area contributed by atoms with Crippen molar-refractivity contribution in [3.8, 4) is 6.07 Å². The molecule has 0 fully saturated rings. The van der Waals surface area contributed by atoms with Gasteiger partial charge >= 0.3 is 0 Å². The molecule has 1 aliphatic rings. The van der Waals surface area contributed by atoms with Crippen LogP contribution in [0.2, 0.25) is 0 Å². The Labute approximate surface area is 96.5 Å². The first kappa shape index (κ1) is 11.1. The van der Waals surface area contributed by atoms with E-state index in [0.717, 1.165) is 19.4 Å². The number of nitrogens with one attached hydrogen (secondary N) is 1. The van der Waals surface area contributed by atoms with Crippen molar-refractivity contribution in [1.29, 1.82) is 5.26 Å². The molecule has 0 bridgehead atoms. The molecule has 2 rings (SSSR count). The van der Waals surface area contributed by atoms with Gasteiger partial charge in [-0.2, -0.15) is 5.26 Å². The smallest absolute Gasteiger partial charge is 0.0666 e. The van der Waals surface area contributed by atoms with Crippen LogP contribution in [0.5, 0.6) is 0 Å². The highest BCUT2D eigenvalue weighted by atomic mass is 14.9. The average molecular weight is 215 g/mol. The molecule has 3 heteroatoms. The molecule has 0 saturated carbocycles. The molecule has 2 unspecified atom stereocenters. The van der Waals surface area contributed by atoms with Crippen LogP contribution < -0.4 is 5.32 Å². The average Bonchev–Trinajstić information content (AvgIpc) is 2.35. The van der Waals surface area contributed by atoms with Crippen molar-refractivity contribution in [2.24, 2.45) is 5.92 Å². The van der Waals surface area contributed by atoms with Gasteiger partial charge in [0.05, 0.1) is 17.7 Å². The summed E-state index contributed by atoms with van der Waals surface area (Å²) in [6.45, 7) is 2.69. The van der Waals surface area contributed by atoms with Gasteiger partial charge in [0, 0.05) is 18.8 Å². The van der Waals surface area contributed by atoms with Gasteiger partial charge in [0.1, 0.15) is 0 Å². The third-order valence-electron chi connectivity index (χ3n) is 3.09. The highest BCUT2D eigenvalue weighted by Crippen LogP contribution is 2.27. The van der Waals surface area contributed by atoms with E-state index in [9.17, 15) is 0 Å². The van der Waals surface area contributed by atoms with Gasteiger partial charge < -0.3 is 5.32 Å². The molecule has 0 amide bonds. The number of pyridine rings is 1. The minimum absolute atomic E-state index is 0.0640. The van der Waals surface area contributed by atoms with Gasteiger partial charge in [0.15, 0.2) is 0 Å². The van der Waals surface area contributed by atoms with Crippen LogP contribution in [0.15, 0.2) is 18.3 Å². The van der Waals surface area contributed by atoms with E-state index in [1.807, 2.05) is 19.2 Å². The predicted octanol–water partition coefficient (Wildman–Crippen LogP) is 2.21. The van der Waals surface area contributed by atoms with Gasteiger partial charge in [0.2, 0.25) is 0 Å². The van der Waals surface area contributed by atoms with Crippen molar-refractivity contribution in [1.82, 2.24) is 10.3 Å². The number of aryl methyl sites for hydroxylation is 1. The second-order valence-electron chi connectivity index (χ2n) is 4.43. The lowest BCUT2D eigenvalue weighted by Gasteiger charge is -2.25. The van der Waals surface area contributed by atoms with Crippen LogP contribution in [0.25, 0.3) is 0 Å². The van der Waals surface area contributed by atoms with Crippen LogP contribution in [-0.4, -0.2) is 11.5 Å². The number of nitriles is 1. The third kappa shape index (κ3) is 2.40. The van der Waals surface area contributed by atoms with Crippen molar-refractivity contribution < 1.29 is 0 Å². The summed E-state index contributed by atoms with van der Waals surface area (Å²) < 4.78 is 0. The zero-order chi connectivity index (χ0) is 11.4. The molecular formula is C13H17N3. The second-order valence-corrected chi connectivity index (χ2v) is 4.43. The van der Waals surface area contributed by atoms with E-state index in [0.29, 0.717) is 6.04 Å². The Balaban J connectivity index is 2.05. The van der Waals surface area contributed by atoms with Crippen LogP contribution >= 0.6 is 0 Å². The third-order valence-corrected chi connectivity index (χ3v) is 3.09. The van der Waals surface area contributed by atoms with E-state index < -0.39 is 0 Å². The van der Waals surface area contributed by atoms with Crippen molar-refractivity contribution >= 4 is 0 Å². The van der Waals surface area contributed by atoms with Gasteiger partial charge in [-0.15, -0.1) is 0 Å². The number of hydrogen-bond acceptors (Lipinski definition) is 3. The number of rotatable bonds is 3. The first-order valence-electron chi connectivity index (χ1n) is 5.88. The Morgan fingerprint density at radius 2 is 2.56 bits per heavy atom. The SMILES string of the molecule is CC(C#N)CNC1CCCc2cccnc21. The minimum Gasteiger partial charge on any atom is -0.307 e. The number of hydrogen-bond donors (Lipinski definition) is 1. The quantitative estimate of drug-likeness (QED) is 0.841. The highest BCUT2D eigenvalue weighted by molar-refractivity contribution is 5.25. The summed E-state index contributed by atoms with van der Waals surface area (Å²) in [5, 5.41) is 12.2. The standard InChI is InChI=1S/C13H17N3/c1-10(8-14)9-16-12-6-2-4-11-5-3-7-15-13(11)12/h3,5,7,10,12,16H,2,4,6,9H2,1H3. The van der Waals surface area contributed by atoms with E-state index in [2.05, 4.69) is 22.4 Å². The Morgan fingerprint density at radius 1 is 1.69 bits per heavy atom. The molecule has 1 heterocycles. The Bertz CT molecular complexity index is 394. The zero-order valence-corrected chi connectivity index (χ0v) is 9.61. The lowest BCUT2D eigenvalue weighted by molar-refractivity contribution is 0.432. The molecule has 16 heavy (non-hydrogen) atoms. The fourth-order valence-corrected chi connectivity index (χ4v) is 2.17. The molecule has 84 valence electrons. The summed E-state index contributed by atoms with van der Waals surface area (Å²) in [4.78, 5) is 4.46.